The number of esters is 1. The van der Waals surface area contributed by atoms with Crippen LogP contribution in [0.4, 0.5) is 0 Å². The number of thioether (sulfide) groups is 1. The van der Waals surface area contributed by atoms with Gasteiger partial charge in [-0.1, -0.05) is 30.3 Å². The Morgan fingerprint density at radius 2 is 1.92 bits per heavy atom. The Bertz CT molecular complexity index is 771. The minimum absolute atomic E-state index is 0.136. The van der Waals surface area contributed by atoms with E-state index < -0.39 is 5.97 Å². The van der Waals surface area contributed by atoms with Crippen LogP contribution in [-0.2, 0) is 20.7 Å². The highest BCUT2D eigenvalue weighted by atomic mass is 32.2. The first-order chi connectivity index (χ1) is 11.4. The third kappa shape index (κ3) is 4.57. The fourth-order valence-electron chi connectivity index (χ4n) is 2.63. The fraction of sp³-hybridized carbons (Fsp3) is 0.421. The Morgan fingerprint density at radius 1 is 1.17 bits per heavy atom. The molecule has 0 aliphatic heterocycles. The van der Waals surface area contributed by atoms with Crippen LogP contribution < -0.4 is 0 Å². The molecule has 0 spiro atoms. The number of hydrogen-bond acceptors (Lipinski definition) is 5. The number of ether oxygens (including phenoxy) is 1. The maximum Gasteiger partial charge on any atom is 0.313 e. The number of aryl methyl sites for hydroxylation is 3. The normalized spacial score (nSPS) is 10.8. The van der Waals surface area contributed by atoms with Crippen LogP contribution in [0.3, 0.4) is 0 Å². The smallest absolute Gasteiger partial charge is 0.313 e. The van der Waals surface area contributed by atoms with Gasteiger partial charge in [0.25, 0.3) is 0 Å². The molecule has 2 rings (SSSR count). The molecule has 0 atom stereocenters. The Morgan fingerprint density at radius 3 is 2.58 bits per heavy atom. The lowest BCUT2D eigenvalue weighted by molar-refractivity contribution is -0.145. The summed E-state index contributed by atoms with van der Waals surface area (Å²) < 4.78 is 4.81. The molecule has 1 aromatic heterocycles. The number of carbonyl (C=O) groups excluding carboxylic acids is 2. The van der Waals surface area contributed by atoms with Crippen LogP contribution in [0.1, 0.15) is 37.0 Å². The average molecular weight is 345 g/mol. The number of aromatic nitrogens is 1. The van der Waals surface area contributed by atoms with Crippen molar-refractivity contribution in [3.05, 3.63) is 34.9 Å². The molecule has 0 saturated carbocycles. The zero-order chi connectivity index (χ0) is 17.7. The molecule has 0 radical (unpaired) electrons. The predicted molar refractivity (Wildman–Crippen MR) is 97.6 cm³/mol. The van der Waals surface area contributed by atoms with Crippen molar-refractivity contribution in [2.75, 3.05) is 12.4 Å². The maximum atomic E-state index is 11.9. The van der Waals surface area contributed by atoms with Crippen molar-refractivity contribution in [2.45, 2.75) is 45.6 Å². The van der Waals surface area contributed by atoms with Crippen molar-refractivity contribution in [2.24, 2.45) is 0 Å². The second-order valence-corrected chi connectivity index (χ2v) is 6.73. The Hall–Kier alpha value is -1.88. The molecule has 2 aromatic rings. The molecular weight excluding hydrogens is 322 g/mol. The molecule has 0 N–H and O–H groups in total. The van der Waals surface area contributed by atoms with E-state index >= 15 is 0 Å². The van der Waals surface area contributed by atoms with E-state index in [1.54, 1.807) is 6.92 Å². The Balaban J connectivity index is 2.19. The number of Topliss-reactive ketones (excluding diaryl/α,β-unsaturated/α-hetero) is 1. The van der Waals surface area contributed by atoms with Gasteiger partial charge in [-0.25, -0.2) is 4.98 Å². The zero-order valence-electron chi connectivity index (χ0n) is 14.6. The first-order valence-corrected chi connectivity index (χ1v) is 9.14. The summed E-state index contributed by atoms with van der Waals surface area (Å²) in [6.45, 7) is 8.23. The lowest BCUT2D eigenvalue weighted by atomic mass is 10.0. The number of benzene rings is 1. The molecule has 4 nitrogen and oxygen atoms in total. The second kappa shape index (κ2) is 8.29. The van der Waals surface area contributed by atoms with Crippen LogP contribution >= 0.6 is 11.8 Å². The number of nitrogens with zero attached hydrogens (tertiary/aromatic N) is 1. The molecule has 0 bridgehead atoms. The lowest BCUT2D eigenvalue weighted by Gasteiger charge is -2.11. The molecule has 24 heavy (non-hydrogen) atoms. The highest BCUT2D eigenvalue weighted by molar-refractivity contribution is 8.00. The molecule has 0 unspecified atom stereocenters. The van der Waals surface area contributed by atoms with E-state index in [1.165, 1.54) is 17.3 Å². The quantitative estimate of drug-likeness (QED) is 0.431. The van der Waals surface area contributed by atoms with Crippen molar-refractivity contribution in [3.63, 3.8) is 0 Å². The summed E-state index contributed by atoms with van der Waals surface area (Å²) in [4.78, 5) is 28.1. The summed E-state index contributed by atoms with van der Waals surface area (Å²) in [5.74, 6) is -0.366. The third-order valence-electron chi connectivity index (χ3n) is 3.69. The highest BCUT2D eigenvalue weighted by Gasteiger charge is 2.14. The van der Waals surface area contributed by atoms with Gasteiger partial charge >= 0.3 is 5.97 Å². The third-order valence-corrected chi connectivity index (χ3v) is 4.78. The minimum atomic E-state index is -0.461. The van der Waals surface area contributed by atoms with Crippen molar-refractivity contribution >= 4 is 34.4 Å². The van der Waals surface area contributed by atoms with Crippen LogP contribution in [0.25, 0.3) is 10.9 Å². The van der Waals surface area contributed by atoms with Gasteiger partial charge < -0.3 is 4.74 Å². The van der Waals surface area contributed by atoms with E-state index in [0.29, 0.717) is 6.61 Å². The SMILES string of the molecule is CCOC(=O)CC(=O)CSc1nc2c(C)cc(C)cc2cc1CC. The van der Waals surface area contributed by atoms with Gasteiger partial charge in [0.15, 0.2) is 5.78 Å². The number of hydrogen-bond donors (Lipinski definition) is 0. The summed E-state index contributed by atoms with van der Waals surface area (Å²) in [5, 5.41) is 2.00. The molecular formula is C19H23NO3S. The topological polar surface area (TPSA) is 56.3 Å². The van der Waals surface area contributed by atoms with Crippen molar-refractivity contribution < 1.29 is 14.3 Å². The molecule has 5 heteroatoms. The Kier molecular flexibility index (Phi) is 6.37. The first-order valence-electron chi connectivity index (χ1n) is 8.15. The summed E-state index contributed by atoms with van der Waals surface area (Å²) >= 11 is 1.40. The van der Waals surface area contributed by atoms with Gasteiger partial charge in [0.2, 0.25) is 0 Å². The van der Waals surface area contributed by atoms with Crippen LogP contribution in [0, 0.1) is 13.8 Å². The summed E-state index contributed by atoms with van der Waals surface area (Å²) in [6, 6.07) is 6.40. The van der Waals surface area contributed by atoms with E-state index in [2.05, 4.69) is 32.0 Å². The molecule has 0 aliphatic rings. The van der Waals surface area contributed by atoms with Gasteiger partial charge in [-0.05, 0) is 50.5 Å². The highest BCUT2D eigenvalue weighted by Crippen LogP contribution is 2.28. The second-order valence-electron chi connectivity index (χ2n) is 5.77. The fourth-order valence-corrected chi connectivity index (χ4v) is 3.57. The van der Waals surface area contributed by atoms with E-state index in [-0.39, 0.29) is 18.0 Å². The number of ketones is 1. The first kappa shape index (κ1) is 18.5. The van der Waals surface area contributed by atoms with Crippen molar-refractivity contribution in [1.29, 1.82) is 0 Å². The number of carbonyl (C=O) groups is 2. The Labute approximate surface area is 147 Å². The summed E-state index contributed by atoms with van der Waals surface area (Å²) in [7, 11) is 0. The molecule has 128 valence electrons. The van der Waals surface area contributed by atoms with Gasteiger partial charge in [-0.2, -0.15) is 0 Å². The van der Waals surface area contributed by atoms with Crippen molar-refractivity contribution in [3.8, 4) is 0 Å². The predicted octanol–water partition coefficient (Wildman–Crippen LogP) is 4.03. The number of fused-ring (bicyclic) bond motifs is 1. The van der Waals surface area contributed by atoms with Gasteiger partial charge in [-0.15, -0.1) is 0 Å². The molecule has 0 amide bonds. The monoisotopic (exact) mass is 345 g/mol. The van der Waals surface area contributed by atoms with Gasteiger partial charge in [0.1, 0.15) is 11.4 Å². The summed E-state index contributed by atoms with van der Waals surface area (Å²) in [5.41, 5.74) is 4.45. The van der Waals surface area contributed by atoms with Gasteiger partial charge in [-0.3, -0.25) is 9.59 Å². The van der Waals surface area contributed by atoms with E-state index in [9.17, 15) is 9.59 Å². The molecule has 0 aliphatic carbocycles. The number of pyridine rings is 1. The average Bonchev–Trinajstić information content (AvgIpc) is 2.52. The molecule has 0 saturated heterocycles. The molecule has 0 fully saturated rings. The standard InChI is InChI=1S/C19H23NO3S/c1-5-14-9-15-8-12(3)7-13(4)18(15)20-19(14)24-11-16(21)10-17(22)23-6-2/h7-9H,5-6,10-11H2,1-4H3. The summed E-state index contributed by atoms with van der Waals surface area (Å²) in [6.07, 6.45) is 0.679. The zero-order valence-corrected chi connectivity index (χ0v) is 15.5. The van der Waals surface area contributed by atoms with Crippen LogP contribution in [-0.4, -0.2) is 29.1 Å². The van der Waals surface area contributed by atoms with Gasteiger partial charge in [0.05, 0.1) is 17.9 Å². The lowest BCUT2D eigenvalue weighted by Crippen LogP contribution is -2.13. The van der Waals surface area contributed by atoms with Crippen LogP contribution in [0.15, 0.2) is 23.2 Å². The minimum Gasteiger partial charge on any atom is -0.466 e. The van der Waals surface area contributed by atoms with Crippen molar-refractivity contribution in [1.82, 2.24) is 4.98 Å². The van der Waals surface area contributed by atoms with Crippen LogP contribution in [0.5, 0.6) is 0 Å². The van der Waals surface area contributed by atoms with E-state index in [4.69, 9.17) is 9.72 Å². The van der Waals surface area contributed by atoms with Gasteiger partial charge in [0, 0.05) is 5.39 Å². The van der Waals surface area contributed by atoms with E-state index in [1.807, 2.05) is 6.92 Å². The molecule has 1 heterocycles. The van der Waals surface area contributed by atoms with E-state index in [0.717, 1.165) is 33.5 Å². The van der Waals surface area contributed by atoms with Crippen LogP contribution in [0.2, 0.25) is 0 Å². The number of rotatable bonds is 7. The molecule has 1 aromatic carbocycles. The largest absolute Gasteiger partial charge is 0.466 e. The maximum absolute atomic E-state index is 11.9.